The van der Waals surface area contributed by atoms with Crippen molar-refractivity contribution in [3.63, 3.8) is 0 Å². The number of benzene rings is 1. The number of aromatic nitrogens is 2. The first kappa shape index (κ1) is 16.8. The second kappa shape index (κ2) is 6.12. The maximum Gasteiger partial charge on any atom is 0.449 e. The van der Waals surface area contributed by atoms with Crippen LogP contribution in [-0.4, -0.2) is 33.4 Å². The minimum atomic E-state index is -4.53. The van der Waals surface area contributed by atoms with Crippen LogP contribution in [0.1, 0.15) is 24.7 Å². The third-order valence-corrected chi connectivity index (χ3v) is 4.36. The van der Waals surface area contributed by atoms with Gasteiger partial charge >= 0.3 is 6.18 Å². The normalized spacial score (nSPS) is 16.6. The average Bonchev–Trinajstić information content (AvgIpc) is 2.94. The van der Waals surface area contributed by atoms with Crippen molar-refractivity contribution in [3.05, 3.63) is 41.7 Å². The van der Waals surface area contributed by atoms with Crippen LogP contribution >= 0.6 is 11.6 Å². The molecular formula is C16H15ClF3N3O. The van der Waals surface area contributed by atoms with Crippen LogP contribution in [0.15, 0.2) is 35.9 Å². The lowest BCUT2D eigenvalue weighted by atomic mass is 10.0. The van der Waals surface area contributed by atoms with Gasteiger partial charge in [0.05, 0.1) is 16.1 Å². The molecule has 0 N–H and O–H groups in total. The van der Waals surface area contributed by atoms with Crippen molar-refractivity contribution in [1.82, 2.24) is 14.5 Å². The SMILES string of the molecule is C=C(Cl)C(=O)N1CCC(n2c(C(F)(F)F)nc3ccccc32)CC1. The topological polar surface area (TPSA) is 38.1 Å². The highest BCUT2D eigenvalue weighted by atomic mass is 35.5. The van der Waals surface area contributed by atoms with Crippen LogP contribution in [0.25, 0.3) is 11.0 Å². The van der Waals surface area contributed by atoms with Gasteiger partial charge in [-0.15, -0.1) is 0 Å². The Hall–Kier alpha value is -2.02. The Kier molecular flexibility index (Phi) is 4.29. The van der Waals surface area contributed by atoms with Gasteiger partial charge in [0.25, 0.3) is 5.91 Å². The highest BCUT2D eigenvalue weighted by Gasteiger charge is 2.40. The van der Waals surface area contributed by atoms with Crippen LogP contribution in [0.5, 0.6) is 0 Å². The predicted molar refractivity (Wildman–Crippen MR) is 84.6 cm³/mol. The molecule has 1 fully saturated rings. The largest absolute Gasteiger partial charge is 0.449 e. The molecule has 0 spiro atoms. The van der Waals surface area contributed by atoms with Crippen LogP contribution in [-0.2, 0) is 11.0 Å². The van der Waals surface area contributed by atoms with Gasteiger partial charge in [-0.05, 0) is 25.0 Å². The molecule has 1 saturated heterocycles. The molecule has 8 heteroatoms. The number of rotatable bonds is 2. The van der Waals surface area contributed by atoms with Gasteiger partial charge in [0.1, 0.15) is 0 Å². The third kappa shape index (κ3) is 3.00. The molecule has 1 amide bonds. The molecular weight excluding hydrogens is 343 g/mol. The lowest BCUT2D eigenvalue weighted by molar-refractivity contribution is -0.148. The van der Waals surface area contributed by atoms with E-state index in [1.807, 2.05) is 0 Å². The molecule has 24 heavy (non-hydrogen) atoms. The molecule has 0 atom stereocenters. The van der Waals surface area contributed by atoms with E-state index in [1.54, 1.807) is 24.3 Å². The highest BCUT2D eigenvalue weighted by molar-refractivity contribution is 6.41. The van der Waals surface area contributed by atoms with Crippen LogP contribution in [0.4, 0.5) is 13.2 Å². The Bertz CT molecular complexity index is 791. The molecule has 4 nitrogen and oxygen atoms in total. The number of piperidine rings is 1. The second-order valence-electron chi connectivity index (χ2n) is 5.72. The zero-order chi connectivity index (χ0) is 17.5. The van der Waals surface area contributed by atoms with Crippen molar-refractivity contribution in [1.29, 1.82) is 0 Å². The van der Waals surface area contributed by atoms with Crippen molar-refractivity contribution in [2.45, 2.75) is 25.1 Å². The van der Waals surface area contributed by atoms with E-state index in [1.165, 1.54) is 9.47 Å². The van der Waals surface area contributed by atoms with E-state index in [9.17, 15) is 18.0 Å². The van der Waals surface area contributed by atoms with E-state index in [-0.39, 0.29) is 17.0 Å². The zero-order valence-electron chi connectivity index (χ0n) is 12.7. The molecule has 3 rings (SSSR count). The standard InChI is InChI=1S/C16H15ClF3N3O/c1-10(17)14(24)22-8-6-11(7-9-22)23-13-5-3-2-4-12(13)21-15(23)16(18,19)20/h2-5,11H,1,6-9H2. The Morgan fingerprint density at radius 2 is 1.88 bits per heavy atom. The number of amides is 1. The first-order valence-corrected chi connectivity index (χ1v) is 7.84. The highest BCUT2D eigenvalue weighted by Crippen LogP contribution is 2.36. The number of carbonyl (C=O) groups excluding carboxylic acids is 1. The average molecular weight is 358 g/mol. The summed E-state index contributed by atoms with van der Waals surface area (Å²) in [5.41, 5.74) is 0.772. The minimum absolute atomic E-state index is 0.0856. The lowest BCUT2D eigenvalue weighted by Gasteiger charge is -2.33. The van der Waals surface area contributed by atoms with Gasteiger partial charge in [0.15, 0.2) is 0 Å². The fraction of sp³-hybridized carbons (Fsp3) is 0.375. The number of fused-ring (bicyclic) bond motifs is 1. The summed E-state index contributed by atoms with van der Waals surface area (Å²) in [6.45, 7) is 4.06. The van der Waals surface area contributed by atoms with Gasteiger partial charge in [-0.1, -0.05) is 30.3 Å². The molecule has 128 valence electrons. The maximum absolute atomic E-state index is 13.4. The molecule has 0 radical (unpaired) electrons. The van der Waals surface area contributed by atoms with Crippen molar-refractivity contribution < 1.29 is 18.0 Å². The van der Waals surface area contributed by atoms with Crippen LogP contribution in [0, 0.1) is 0 Å². The first-order valence-electron chi connectivity index (χ1n) is 7.47. The van der Waals surface area contributed by atoms with Crippen molar-refractivity contribution in [2.75, 3.05) is 13.1 Å². The number of hydrogen-bond acceptors (Lipinski definition) is 2. The predicted octanol–water partition coefficient (Wildman–Crippen LogP) is 3.97. The van der Waals surface area contributed by atoms with Crippen LogP contribution < -0.4 is 0 Å². The van der Waals surface area contributed by atoms with Gasteiger partial charge < -0.3 is 9.47 Å². The Labute approximate surface area is 141 Å². The number of hydrogen-bond donors (Lipinski definition) is 0. The van der Waals surface area contributed by atoms with Crippen LogP contribution in [0.3, 0.4) is 0 Å². The number of halogens is 4. The van der Waals surface area contributed by atoms with Gasteiger partial charge in [-0.3, -0.25) is 4.79 Å². The van der Waals surface area contributed by atoms with E-state index in [0.29, 0.717) is 37.0 Å². The number of nitrogens with zero attached hydrogens (tertiary/aromatic N) is 3. The molecule has 1 aromatic carbocycles. The lowest BCUT2D eigenvalue weighted by Crippen LogP contribution is -2.39. The minimum Gasteiger partial charge on any atom is -0.338 e. The Morgan fingerprint density at radius 1 is 1.25 bits per heavy atom. The zero-order valence-corrected chi connectivity index (χ0v) is 13.4. The van der Waals surface area contributed by atoms with Crippen molar-refractivity contribution in [3.8, 4) is 0 Å². The number of imidazole rings is 1. The molecule has 0 saturated carbocycles. The number of likely N-dealkylation sites (tertiary alicyclic amines) is 1. The van der Waals surface area contributed by atoms with Crippen molar-refractivity contribution >= 4 is 28.5 Å². The summed E-state index contributed by atoms with van der Waals surface area (Å²) in [5.74, 6) is -1.27. The van der Waals surface area contributed by atoms with E-state index in [4.69, 9.17) is 11.6 Å². The Morgan fingerprint density at radius 3 is 2.46 bits per heavy atom. The van der Waals surface area contributed by atoms with E-state index < -0.39 is 12.0 Å². The second-order valence-corrected chi connectivity index (χ2v) is 6.18. The summed E-state index contributed by atoms with van der Waals surface area (Å²) in [4.78, 5) is 17.1. The summed E-state index contributed by atoms with van der Waals surface area (Å²) in [5, 5.41) is -0.0856. The monoisotopic (exact) mass is 357 g/mol. The summed E-state index contributed by atoms with van der Waals surface area (Å²) in [7, 11) is 0. The molecule has 1 aliphatic rings. The third-order valence-electron chi connectivity index (χ3n) is 4.20. The van der Waals surface area contributed by atoms with Gasteiger partial charge in [0.2, 0.25) is 5.82 Å². The van der Waals surface area contributed by atoms with E-state index in [2.05, 4.69) is 11.6 Å². The smallest absolute Gasteiger partial charge is 0.338 e. The quantitative estimate of drug-likeness (QED) is 0.763. The van der Waals surface area contributed by atoms with Crippen LogP contribution in [0.2, 0.25) is 0 Å². The summed E-state index contributed by atoms with van der Waals surface area (Å²) in [6.07, 6.45) is -3.73. The molecule has 1 aromatic heterocycles. The molecule has 2 heterocycles. The summed E-state index contributed by atoms with van der Waals surface area (Å²) < 4.78 is 41.4. The fourth-order valence-electron chi connectivity index (χ4n) is 3.11. The van der Waals surface area contributed by atoms with Gasteiger partial charge in [-0.2, -0.15) is 13.2 Å². The van der Waals surface area contributed by atoms with Crippen molar-refractivity contribution in [2.24, 2.45) is 0 Å². The molecule has 0 bridgehead atoms. The number of para-hydroxylation sites is 2. The van der Waals surface area contributed by atoms with E-state index >= 15 is 0 Å². The van der Waals surface area contributed by atoms with Gasteiger partial charge in [-0.25, -0.2) is 4.98 Å². The molecule has 0 aliphatic carbocycles. The maximum atomic E-state index is 13.4. The number of carbonyl (C=O) groups is 1. The molecule has 2 aromatic rings. The summed E-state index contributed by atoms with van der Waals surface area (Å²) >= 11 is 5.61. The fourth-order valence-corrected chi connectivity index (χ4v) is 3.23. The summed E-state index contributed by atoms with van der Waals surface area (Å²) in [6, 6.07) is 6.18. The molecule has 1 aliphatic heterocycles. The first-order chi connectivity index (χ1) is 11.3. The molecule has 0 unspecified atom stereocenters. The van der Waals surface area contributed by atoms with Gasteiger partial charge in [0, 0.05) is 19.1 Å². The number of alkyl halides is 3. The Balaban J connectivity index is 1.93. The van der Waals surface area contributed by atoms with E-state index in [0.717, 1.165) is 0 Å².